The van der Waals surface area contributed by atoms with Crippen molar-refractivity contribution in [2.45, 2.75) is 38.8 Å². The second-order valence-corrected chi connectivity index (χ2v) is 4.94. The van der Waals surface area contributed by atoms with Gasteiger partial charge in [-0.1, -0.05) is 0 Å². The van der Waals surface area contributed by atoms with Gasteiger partial charge in [0.1, 0.15) is 0 Å². The van der Waals surface area contributed by atoms with E-state index in [1.54, 1.807) is 4.90 Å². The molecule has 14 heavy (non-hydrogen) atoms. The number of amides is 2. The Balaban J connectivity index is 2.43. The van der Waals surface area contributed by atoms with E-state index in [4.69, 9.17) is 0 Å². The summed E-state index contributed by atoms with van der Waals surface area (Å²) in [7, 11) is 1.86. The molecule has 82 valence electrons. The average molecular weight is 199 g/mol. The summed E-state index contributed by atoms with van der Waals surface area (Å²) in [6.45, 7) is 7.90. The van der Waals surface area contributed by atoms with Gasteiger partial charge in [-0.25, -0.2) is 4.79 Å². The number of hydrogen-bond acceptors (Lipinski definition) is 2. The Labute approximate surface area is 86.0 Å². The van der Waals surface area contributed by atoms with Gasteiger partial charge in [0.25, 0.3) is 0 Å². The molecule has 0 aromatic rings. The van der Waals surface area contributed by atoms with Crippen molar-refractivity contribution in [3.8, 4) is 0 Å². The average Bonchev–Trinajstić information content (AvgIpc) is 2.51. The van der Waals surface area contributed by atoms with Crippen LogP contribution in [0.5, 0.6) is 0 Å². The normalized spacial score (nSPS) is 22.1. The summed E-state index contributed by atoms with van der Waals surface area (Å²) < 4.78 is 0. The lowest BCUT2D eigenvalue weighted by molar-refractivity contribution is 0.185. The minimum atomic E-state index is -0.155. The minimum Gasteiger partial charge on any atom is -0.333 e. The van der Waals surface area contributed by atoms with Crippen LogP contribution in [0.1, 0.15) is 27.2 Å². The predicted octanol–water partition coefficient (Wildman–Crippen LogP) is 0.788. The molecule has 4 heteroatoms. The highest BCUT2D eigenvalue weighted by Gasteiger charge is 2.25. The fraction of sp³-hybridized carbons (Fsp3) is 0.900. The number of urea groups is 1. The summed E-state index contributed by atoms with van der Waals surface area (Å²) in [5, 5.41) is 6.20. The van der Waals surface area contributed by atoms with Crippen LogP contribution in [0.2, 0.25) is 0 Å². The van der Waals surface area contributed by atoms with Crippen molar-refractivity contribution in [3.63, 3.8) is 0 Å². The summed E-state index contributed by atoms with van der Waals surface area (Å²) in [6, 6.07) is 0.364. The molecule has 1 aliphatic rings. The second kappa shape index (κ2) is 4.17. The quantitative estimate of drug-likeness (QED) is 0.655. The van der Waals surface area contributed by atoms with Gasteiger partial charge in [0, 0.05) is 25.2 Å². The largest absolute Gasteiger partial charge is 0.333 e. The van der Waals surface area contributed by atoms with Crippen molar-refractivity contribution in [2.75, 3.05) is 20.1 Å². The zero-order valence-corrected chi connectivity index (χ0v) is 9.55. The van der Waals surface area contributed by atoms with Gasteiger partial charge in [-0.2, -0.15) is 0 Å². The third kappa shape index (κ3) is 3.18. The Kier molecular flexibility index (Phi) is 3.37. The first-order chi connectivity index (χ1) is 6.40. The molecule has 0 spiro atoms. The standard InChI is InChI=1S/C10H21N3O/c1-10(2,3)12-9(14)13(4)8-5-6-11-7-8/h8,11H,5-7H2,1-4H3,(H,12,14). The van der Waals surface area contributed by atoms with Crippen molar-refractivity contribution in [2.24, 2.45) is 0 Å². The Hall–Kier alpha value is -0.770. The highest BCUT2D eigenvalue weighted by molar-refractivity contribution is 5.75. The van der Waals surface area contributed by atoms with Crippen LogP contribution in [-0.4, -0.2) is 42.6 Å². The van der Waals surface area contributed by atoms with E-state index in [1.807, 2.05) is 27.8 Å². The fourth-order valence-corrected chi connectivity index (χ4v) is 1.54. The molecule has 0 aliphatic carbocycles. The Morgan fingerprint density at radius 3 is 2.57 bits per heavy atom. The van der Waals surface area contributed by atoms with E-state index in [-0.39, 0.29) is 11.6 Å². The Morgan fingerprint density at radius 1 is 1.50 bits per heavy atom. The van der Waals surface area contributed by atoms with E-state index in [0.29, 0.717) is 6.04 Å². The molecule has 1 atom stereocenters. The first kappa shape index (κ1) is 11.3. The Morgan fingerprint density at radius 2 is 2.14 bits per heavy atom. The number of hydrogen-bond donors (Lipinski definition) is 2. The SMILES string of the molecule is CN(C(=O)NC(C)(C)C)C1CCNC1. The molecule has 1 saturated heterocycles. The van der Waals surface area contributed by atoms with Crippen LogP contribution < -0.4 is 10.6 Å². The lowest BCUT2D eigenvalue weighted by Gasteiger charge is -2.29. The molecule has 2 amide bonds. The van der Waals surface area contributed by atoms with Crippen LogP contribution >= 0.6 is 0 Å². The number of nitrogens with one attached hydrogen (secondary N) is 2. The van der Waals surface area contributed by atoms with Crippen LogP contribution in [0.3, 0.4) is 0 Å². The molecule has 0 aromatic carbocycles. The Bertz CT molecular complexity index is 204. The van der Waals surface area contributed by atoms with E-state index in [9.17, 15) is 4.79 Å². The van der Waals surface area contributed by atoms with E-state index in [2.05, 4.69) is 10.6 Å². The molecule has 1 rings (SSSR count). The number of nitrogens with zero attached hydrogens (tertiary/aromatic N) is 1. The van der Waals surface area contributed by atoms with Gasteiger partial charge in [-0.3, -0.25) is 0 Å². The summed E-state index contributed by atoms with van der Waals surface area (Å²) in [5.74, 6) is 0. The topological polar surface area (TPSA) is 44.4 Å². The first-order valence-electron chi connectivity index (χ1n) is 5.16. The van der Waals surface area contributed by atoms with Gasteiger partial charge in [0.15, 0.2) is 0 Å². The molecule has 0 saturated carbocycles. The zero-order chi connectivity index (χ0) is 10.8. The predicted molar refractivity (Wildman–Crippen MR) is 57.3 cm³/mol. The summed E-state index contributed by atoms with van der Waals surface area (Å²) in [5.41, 5.74) is -0.155. The maximum atomic E-state index is 11.7. The van der Waals surface area contributed by atoms with E-state index >= 15 is 0 Å². The lowest BCUT2D eigenvalue weighted by atomic mass is 10.1. The molecule has 0 bridgehead atoms. The van der Waals surface area contributed by atoms with Gasteiger partial charge in [0.2, 0.25) is 0 Å². The lowest BCUT2D eigenvalue weighted by Crippen LogP contribution is -2.50. The van der Waals surface area contributed by atoms with Gasteiger partial charge < -0.3 is 15.5 Å². The molecule has 1 heterocycles. The zero-order valence-electron chi connectivity index (χ0n) is 9.55. The molecule has 2 N–H and O–H groups in total. The van der Waals surface area contributed by atoms with Crippen LogP contribution in [0.25, 0.3) is 0 Å². The maximum Gasteiger partial charge on any atom is 0.317 e. The van der Waals surface area contributed by atoms with Crippen molar-refractivity contribution < 1.29 is 4.79 Å². The number of carbonyl (C=O) groups is 1. The third-order valence-corrected chi connectivity index (χ3v) is 2.38. The van der Waals surface area contributed by atoms with Crippen molar-refractivity contribution in [1.82, 2.24) is 15.5 Å². The summed E-state index contributed by atoms with van der Waals surface area (Å²) in [4.78, 5) is 13.5. The van der Waals surface area contributed by atoms with Gasteiger partial charge in [-0.15, -0.1) is 0 Å². The smallest absolute Gasteiger partial charge is 0.317 e. The monoisotopic (exact) mass is 199 g/mol. The molecule has 1 unspecified atom stereocenters. The first-order valence-corrected chi connectivity index (χ1v) is 5.16. The number of rotatable bonds is 1. The molecular weight excluding hydrogens is 178 g/mol. The highest BCUT2D eigenvalue weighted by Crippen LogP contribution is 2.08. The van der Waals surface area contributed by atoms with Crippen molar-refractivity contribution in [1.29, 1.82) is 0 Å². The van der Waals surface area contributed by atoms with Gasteiger partial charge in [0.05, 0.1) is 0 Å². The maximum absolute atomic E-state index is 11.7. The van der Waals surface area contributed by atoms with Crippen LogP contribution in [0, 0.1) is 0 Å². The number of likely N-dealkylation sites (N-methyl/N-ethyl adjacent to an activating group) is 1. The second-order valence-electron chi connectivity index (χ2n) is 4.94. The fourth-order valence-electron chi connectivity index (χ4n) is 1.54. The van der Waals surface area contributed by atoms with Crippen LogP contribution in [0.4, 0.5) is 4.79 Å². The highest BCUT2D eigenvalue weighted by atomic mass is 16.2. The number of carbonyl (C=O) groups excluding carboxylic acids is 1. The molecular formula is C10H21N3O. The summed E-state index contributed by atoms with van der Waals surface area (Å²) in [6.07, 6.45) is 1.05. The third-order valence-electron chi connectivity index (χ3n) is 2.38. The summed E-state index contributed by atoms with van der Waals surface area (Å²) >= 11 is 0. The molecule has 0 radical (unpaired) electrons. The van der Waals surface area contributed by atoms with Crippen molar-refractivity contribution in [3.05, 3.63) is 0 Å². The molecule has 0 aromatic heterocycles. The van der Waals surface area contributed by atoms with E-state index in [1.165, 1.54) is 0 Å². The van der Waals surface area contributed by atoms with Crippen molar-refractivity contribution >= 4 is 6.03 Å². The molecule has 1 aliphatic heterocycles. The minimum absolute atomic E-state index is 0.0196. The van der Waals surface area contributed by atoms with Crippen LogP contribution in [-0.2, 0) is 0 Å². The van der Waals surface area contributed by atoms with E-state index in [0.717, 1.165) is 19.5 Å². The van der Waals surface area contributed by atoms with E-state index < -0.39 is 0 Å². The van der Waals surface area contributed by atoms with Gasteiger partial charge >= 0.3 is 6.03 Å². The van der Waals surface area contributed by atoms with Gasteiger partial charge in [-0.05, 0) is 33.7 Å². The molecule has 1 fully saturated rings. The van der Waals surface area contributed by atoms with Crippen LogP contribution in [0.15, 0.2) is 0 Å². The molecule has 4 nitrogen and oxygen atoms in total.